The number of rotatable bonds is 5. The summed E-state index contributed by atoms with van der Waals surface area (Å²) in [5.41, 5.74) is 3.46. The SMILES string of the molecule is CN(C)c1ccc(-c2cc3nccnc3c(NC[C@H]3CCCNC3)n2)cn1. The summed E-state index contributed by atoms with van der Waals surface area (Å²) in [6, 6.07) is 6.02. The van der Waals surface area contributed by atoms with Crippen molar-refractivity contribution in [3.8, 4) is 11.3 Å². The van der Waals surface area contributed by atoms with Crippen LogP contribution in [0.15, 0.2) is 36.8 Å². The van der Waals surface area contributed by atoms with E-state index in [4.69, 9.17) is 4.98 Å². The first kappa shape index (κ1) is 17.6. The molecule has 4 heterocycles. The molecule has 0 saturated carbocycles. The number of pyridine rings is 2. The Morgan fingerprint density at radius 3 is 2.81 bits per heavy atom. The number of piperidine rings is 1. The van der Waals surface area contributed by atoms with Gasteiger partial charge in [0, 0.05) is 44.8 Å². The number of nitrogens with one attached hydrogen (secondary N) is 2. The minimum absolute atomic E-state index is 0.608. The van der Waals surface area contributed by atoms with Gasteiger partial charge in [-0.25, -0.2) is 15.0 Å². The zero-order valence-corrected chi connectivity index (χ0v) is 15.8. The van der Waals surface area contributed by atoms with Gasteiger partial charge in [-0.05, 0) is 50.0 Å². The van der Waals surface area contributed by atoms with Crippen molar-refractivity contribution in [2.45, 2.75) is 12.8 Å². The lowest BCUT2D eigenvalue weighted by Crippen LogP contribution is -2.33. The van der Waals surface area contributed by atoms with Crippen LogP contribution in [0.4, 0.5) is 11.6 Å². The van der Waals surface area contributed by atoms with E-state index in [1.165, 1.54) is 12.8 Å². The molecule has 4 rings (SSSR count). The molecule has 0 spiro atoms. The van der Waals surface area contributed by atoms with Gasteiger partial charge in [-0.15, -0.1) is 0 Å². The highest BCUT2D eigenvalue weighted by atomic mass is 15.1. The summed E-state index contributed by atoms with van der Waals surface area (Å²) in [5, 5.41) is 6.97. The van der Waals surface area contributed by atoms with Crippen molar-refractivity contribution in [1.82, 2.24) is 25.3 Å². The average Bonchev–Trinajstić information content (AvgIpc) is 2.72. The quantitative estimate of drug-likeness (QED) is 0.721. The smallest absolute Gasteiger partial charge is 0.154 e. The first-order valence-electron chi connectivity index (χ1n) is 9.41. The van der Waals surface area contributed by atoms with E-state index < -0.39 is 0 Å². The van der Waals surface area contributed by atoms with E-state index in [2.05, 4.69) is 25.6 Å². The number of fused-ring (bicyclic) bond motifs is 1. The molecule has 0 bridgehead atoms. The Kier molecular flexibility index (Phi) is 5.11. The molecule has 7 heteroatoms. The Hall–Kier alpha value is -2.80. The van der Waals surface area contributed by atoms with Crippen LogP contribution in [0, 0.1) is 5.92 Å². The second kappa shape index (κ2) is 7.84. The molecular weight excluding hydrogens is 338 g/mol. The average molecular weight is 363 g/mol. The minimum Gasteiger partial charge on any atom is -0.368 e. The van der Waals surface area contributed by atoms with Crippen molar-refractivity contribution < 1.29 is 0 Å². The van der Waals surface area contributed by atoms with Crippen LogP contribution in [0.25, 0.3) is 22.3 Å². The highest BCUT2D eigenvalue weighted by molar-refractivity contribution is 5.88. The monoisotopic (exact) mass is 363 g/mol. The molecule has 0 radical (unpaired) electrons. The van der Waals surface area contributed by atoms with Crippen molar-refractivity contribution in [3.05, 3.63) is 36.8 Å². The van der Waals surface area contributed by atoms with Crippen molar-refractivity contribution in [1.29, 1.82) is 0 Å². The van der Waals surface area contributed by atoms with Gasteiger partial charge in [0.1, 0.15) is 11.3 Å². The van der Waals surface area contributed by atoms with Gasteiger partial charge in [-0.3, -0.25) is 4.98 Å². The lowest BCUT2D eigenvalue weighted by Gasteiger charge is -2.23. The summed E-state index contributed by atoms with van der Waals surface area (Å²) >= 11 is 0. The van der Waals surface area contributed by atoms with Crippen molar-refractivity contribution >= 4 is 22.7 Å². The standard InChI is InChI=1S/C20H25N7/c1-27(2)18-6-5-15(13-24-18)16-10-17-19(23-9-8-22-17)20(26-16)25-12-14-4-3-7-21-11-14/h5-6,8-10,13-14,21H,3-4,7,11-12H2,1-2H3,(H,25,26)/t14-/m0/s1. The van der Waals surface area contributed by atoms with Gasteiger partial charge >= 0.3 is 0 Å². The van der Waals surface area contributed by atoms with Crippen LogP contribution in [0.5, 0.6) is 0 Å². The summed E-state index contributed by atoms with van der Waals surface area (Å²) in [6.07, 6.45) is 7.75. The molecule has 1 fully saturated rings. The molecule has 1 atom stereocenters. The predicted octanol–water partition coefficient (Wildman–Crippen LogP) is 2.56. The zero-order valence-electron chi connectivity index (χ0n) is 15.8. The lowest BCUT2D eigenvalue weighted by atomic mass is 10.00. The summed E-state index contributed by atoms with van der Waals surface area (Å²) in [7, 11) is 3.96. The van der Waals surface area contributed by atoms with Gasteiger partial charge in [-0.1, -0.05) is 0 Å². The highest BCUT2D eigenvalue weighted by Gasteiger charge is 2.15. The van der Waals surface area contributed by atoms with E-state index in [9.17, 15) is 0 Å². The third-order valence-corrected chi connectivity index (χ3v) is 4.92. The van der Waals surface area contributed by atoms with Crippen LogP contribution >= 0.6 is 0 Å². The second-order valence-electron chi connectivity index (χ2n) is 7.17. The summed E-state index contributed by atoms with van der Waals surface area (Å²) in [6.45, 7) is 3.05. The molecule has 7 nitrogen and oxygen atoms in total. The predicted molar refractivity (Wildman–Crippen MR) is 109 cm³/mol. The second-order valence-corrected chi connectivity index (χ2v) is 7.17. The summed E-state index contributed by atoms with van der Waals surface area (Å²) in [4.78, 5) is 20.3. The minimum atomic E-state index is 0.608. The van der Waals surface area contributed by atoms with Gasteiger partial charge in [0.25, 0.3) is 0 Å². The van der Waals surface area contributed by atoms with Crippen LogP contribution < -0.4 is 15.5 Å². The van der Waals surface area contributed by atoms with E-state index in [1.54, 1.807) is 12.4 Å². The summed E-state index contributed by atoms with van der Waals surface area (Å²) < 4.78 is 0. The van der Waals surface area contributed by atoms with Crippen LogP contribution in [0.3, 0.4) is 0 Å². The van der Waals surface area contributed by atoms with Gasteiger partial charge in [0.15, 0.2) is 5.82 Å². The molecule has 3 aromatic heterocycles. The number of hydrogen-bond acceptors (Lipinski definition) is 7. The Balaban J connectivity index is 1.65. The number of aromatic nitrogens is 4. The van der Waals surface area contributed by atoms with Crippen molar-refractivity contribution in [3.63, 3.8) is 0 Å². The zero-order chi connectivity index (χ0) is 18.6. The Morgan fingerprint density at radius 1 is 1.19 bits per heavy atom. The van der Waals surface area contributed by atoms with Crippen LogP contribution in [0.2, 0.25) is 0 Å². The normalized spacial score (nSPS) is 17.0. The molecule has 3 aromatic rings. The molecule has 0 aliphatic carbocycles. The van der Waals surface area contributed by atoms with Gasteiger partial charge in [0.2, 0.25) is 0 Å². The fourth-order valence-corrected chi connectivity index (χ4v) is 3.38. The fraction of sp³-hybridized carbons (Fsp3) is 0.400. The topological polar surface area (TPSA) is 78.9 Å². The largest absolute Gasteiger partial charge is 0.368 e. The molecule has 140 valence electrons. The highest BCUT2D eigenvalue weighted by Crippen LogP contribution is 2.26. The molecule has 1 aliphatic rings. The van der Waals surface area contributed by atoms with Gasteiger partial charge in [0.05, 0.1) is 11.2 Å². The van der Waals surface area contributed by atoms with E-state index in [0.29, 0.717) is 5.92 Å². The maximum absolute atomic E-state index is 4.84. The maximum Gasteiger partial charge on any atom is 0.154 e. The van der Waals surface area contributed by atoms with Gasteiger partial charge in [-0.2, -0.15) is 0 Å². The maximum atomic E-state index is 4.84. The molecular formula is C20H25N7. The van der Waals surface area contributed by atoms with E-state index in [-0.39, 0.29) is 0 Å². The summed E-state index contributed by atoms with van der Waals surface area (Å²) in [5.74, 6) is 2.32. The molecule has 0 aromatic carbocycles. The number of anilines is 2. The molecule has 27 heavy (non-hydrogen) atoms. The van der Waals surface area contributed by atoms with Crippen LogP contribution in [0.1, 0.15) is 12.8 Å². The molecule has 2 N–H and O–H groups in total. The van der Waals surface area contributed by atoms with Crippen molar-refractivity contribution in [2.75, 3.05) is 43.9 Å². The Labute approximate surface area is 159 Å². The number of hydrogen-bond donors (Lipinski definition) is 2. The van der Waals surface area contributed by atoms with Crippen LogP contribution in [-0.4, -0.2) is 53.7 Å². The van der Waals surface area contributed by atoms with Crippen LogP contribution in [-0.2, 0) is 0 Å². The van der Waals surface area contributed by atoms with E-state index >= 15 is 0 Å². The molecule has 1 saturated heterocycles. The van der Waals surface area contributed by atoms with E-state index in [1.807, 2.05) is 43.4 Å². The number of nitrogens with zero attached hydrogens (tertiary/aromatic N) is 5. The molecule has 0 amide bonds. The third kappa shape index (κ3) is 3.98. The Morgan fingerprint density at radius 2 is 2.07 bits per heavy atom. The van der Waals surface area contributed by atoms with Crippen molar-refractivity contribution in [2.24, 2.45) is 5.92 Å². The van der Waals surface area contributed by atoms with Gasteiger partial charge < -0.3 is 15.5 Å². The molecule has 0 unspecified atom stereocenters. The Bertz CT molecular complexity index is 902. The fourth-order valence-electron chi connectivity index (χ4n) is 3.38. The first-order chi connectivity index (χ1) is 13.2. The first-order valence-corrected chi connectivity index (χ1v) is 9.41. The third-order valence-electron chi connectivity index (χ3n) is 4.92. The van der Waals surface area contributed by atoms with E-state index in [0.717, 1.165) is 53.6 Å². The lowest BCUT2D eigenvalue weighted by molar-refractivity contribution is 0.392. The molecule has 1 aliphatic heterocycles.